The van der Waals surface area contributed by atoms with Gasteiger partial charge in [0.2, 0.25) is 47.3 Å². The van der Waals surface area contributed by atoms with Gasteiger partial charge >= 0.3 is 5.97 Å². The zero-order valence-corrected chi connectivity index (χ0v) is 39.4. The molecule has 26 heteroatoms. The molecule has 1 aromatic carbocycles. The van der Waals surface area contributed by atoms with Crippen molar-refractivity contribution in [2.24, 2.45) is 38.7 Å². The molecule has 0 unspecified atom stereocenters. The third-order valence-corrected chi connectivity index (χ3v) is 12.2. The standard InChI is InChI=1S/C44H69N15O11/c1-25(53-34(61)23-52-37(64)31-14-7-20-58(31)41(68)33-16-9-21-59(33)39(66)27(45)12-5-17-50-43(46)47)35(62)56-30(24-60)40(67)57-19-8-15-32(57)38(65)55-29(22-26-10-3-2-4-11-26)36(63)54-28(42(69)70)13-6-18-51-44(48)49/h2-4,10-11,25,27-33,60H,5-9,12-24,45H2,1H3,(H,52,64)(H,53,61)(H,54,63)(H,55,65)(H,56,62)(H,69,70)(H4,46,47,50)(H4,48,49,51)/t25-,27-,28-,29-,30-,31-,32-,33-/m0/s1. The summed E-state index contributed by atoms with van der Waals surface area (Å²) in [7, 11) is 0. The van der Waals surface area contributed by atoms with Crippen LogP contribution in [-0.4, -0.2) is 184 Å². The maximum absolute atomic E-state index is 13.8. The van der Waals surface area contributed by atoms with Crippen LogP contribution in [0.5, 0.6) is 0 Å². The highest BCUT2D eigenvalue weighted by Crippen LogP contribution is 2.26. The van der Waals surface area contributed by atoms with Gasteiger partial charge in [-0.25, -0.2) is 4.79 Å². The van der Waals surface area contributed by atoms with E-state index in [0.29, 0.717) is 63.6 Å². The van der Waals surface area contributed by atoms with Crippen molar-refractivity contribution in [2.75, 3.05) is 45.9 Å². The number of nitrogens with one attached hydrogen (secondary N) is 5. The fraction of sp³-hybridized carbons (Fsp3) is 0.614. The Morgan fingerprint density at radius 2 is 1.21 bits per heavy atom. The van der Waals surface area contributed by atoms with E-state index >= 15 is 0 Å². The van der Waals surface area contributed by atoms with Gasteiger partial charge in [0.1, 0.15) is 42.3 Å². The van der Waals surface area contributed by atoms with E-state index in [0.717, 1.165) is 0 Å². The Kier molecular flexibility index (Phi) is 21.6. The fourth-order valence-corrected chi connectivity index (χ4v) is 8.63. The number of aliphatic hydroxyl groups excluding tert-OH is 1. The second-order valence-electron chi connectivity index (χ2n) is 17.5. The summed E-state index contributed by atoms with van der Waals surface area (Å²) in [6.45, 7) is 0.972. The first kappa shape index (κ1) is 55.5. The summed E-state index contributed by atoms with van der Waals surface area (Å²) < 4.78 is 0. The molecule has 0 spiro atoms. The Balaban J connectivity index is 1.30. The molecular formula is C44H69N15O11. The number of likely N-dealkylation sites (tertiary alicyclic amines) is 3. The predicted octanol–water partition coefficient (Wildman–Crippen LogP) is -5.21. The number of hydrogen-bond acceptors (Lipinski definition) is 13. The van der Waals surface area contributed by atoms with Crippen molar-refractivity contribution in [2.45, 2.75) is 126 Å². The quantitative estimate of drug-likeness (QED) is 0.0248. The van der Waals surface area contributed by atoms with Crippen LogP contribution in [-0.2, 0) is 49.6 Å². The molecule has 4 rings (SSSR count). The third kappa shape index (κ3) is 16.3. The summed E-state index contributed by atoms with van der Waals surface area (Å²) >= 11 is 0. The molecule has 17 N–H and O–H groups in total. The van der Waals surface area contributed by atoms with Gasteiger partial charge in [0, 0.05) is 39.1 Å². The zero-order valence-electron chi connectivity index (χ0n) is 39.4. The molecule has 0 bridgehead atoms. The molecule has 3 aliphatic rings. The van der Waals surface area contributed by atoms with Crippen molar-refractivity contribution in [1.29, 1.82) is 0 Å². The summed E-state index contributed by atoms with van der Waals surface area (Å²) in [5, 5.41) is 32.5. The number of rotatable bonds is 25. The first-order valence-corrected chi connectivity index (χ1v) is 23.5. The van der Waals surface area contributed by atoms with E-state index in [2.05, 4.69) is 36.6 Å². The molecule has 0 saturated carbocycles. The van der Waals surface area contributed by atoms with Gasteiger partial charge in [0.05, 0.1) is 19.2 Å². The number of carboxylic acid groups (broad SMARTS) is 1. The SMILES string of the molecule is C[C@H](NC(=O)CNC(=O)[C@@H]1CCCN1C(=O)[C@@H]1CCCN1C(=O)[C@@H](N)CCCN=C(N)N)C(=O)N[C@@H](CO)C(=O)N1CCC[C@H]1C(=O)N[C@@H](Cc1ccccc1)C(=O)N[C@@H](CCCN=C(N)N)C(=O)O. The second kappa shape index (κ2) is 27.2. The van der Waals surface area contributed by atoms with Crippen molar-refractivity contribution in [3.8, 4) is 0 Å². The molecule has 0 aromatic heterocycles. The van der Waals surface area contributed by atoms with E-state index in [1.54, 1.807) is 30.3 Å². The Bertz CT molecular complexity index is 2090. The Morgan fingerprint density at radius 3 is 1.80 bits per heavy atom. The van der Waals surface area contributed by atoms with Crippen LogP contribution in [0.2, 0.25) is 0 Å². The molecule has 386 valence electrons. The lowest BCUT2D eigenvalue weighted by Gasteiger charge is -2.32. The van der Waals surface area contributed by atoms with Gasteiger partial charge in [0.25, 0.3) is 0 Å². The highest BCUT2D eigenvalue weighted by molar-refractivity contribution is 5.98. The number of aliphatic hydroxyl groups is 1. The predicted molar refractivity (Wildman–Crippen MR) is 253 cm³/mol. The number of nitrogens with two attached hydrogens (primary N) is 5. The first-order chi connectivity index (χ1) is 33.3. The van der Waals surface area contributed by atoms with Crippen molar-refractivity contribution >= 4 is 65.1 Å². The zero-order chi connectivity index (χ0) is 51.5. The number of aliphatic imine (C=N–C) groups is 2. The van der Waals surface area contributed by atoms with Crippen LogP contribution in [0.1, 0.15) is 76.7 Å². The summed E-state index contributed by atoms with van der Waals surface area (Å²) in [6, 6.07) is -0.435. The molecule has 3 saturated heterocycles. The fourth-order valence-electron chi connectivity index (χ4n) is 8.63. The lowest BCUT2D eigenvalue weighted by molar-refractivity contribution is -0.147. The maximum atomic E-state index is 13.8. The number of aliphatic carboxylic acids is 1. The molecule has 3 aliphatic heterocycles. The number of guanidine groups is 2. The minimum atomic E-state index is -1.54. The van der Waals surface area contributed by atoms with E-state index in [1.807, 2.05) is 0 Å². The number of benzene rings is 1. The van der Waals surface area contributed by atoms with E-state index in [9.17, 15) is 53.4 Å². The molecule has 8 atom stereocenters. The molecule has 0 radical (unpaired) electrons. The van der Waals surface area contributed by atoms with Gasteiger partial charge in [0.15, 0.2) is 11.9 Å². The van der Waals surface area contributed by atoms with Crippen molar-refractivity contribution in [3.63, 3.8) is 0 Å². The Labute approximate surface area is 405 Å². The Morgan fingerprint density at radius 1 is 0.671 bits per heavy atom. The van der Waals surface area contributed by atoms with Gasteiger partial charge in [-0.2, -0.15) is 0 Å². The average Bonchev–Trinajstić information content (AvgIpc) is 4.14. The summed E-state index contributed by atoms with van der Waals surface area (Å²) in [6.07, 6.45) is 3.30. The number of carboxylic acids is 1. The molecule has 26 nitrogen and oxygen atoms in total. The normalized spacial score (nSPS) is 19.6. The molecule has 3 fully saturated rings. The van der Waals surface area contributed by atoms with Crippen LogP contribution in [0.15, 0.2) is 40.3 Å². The van der Waals surface area contributed by atoms with E-state index in [-0.39, 0.29) is 63.1 Å². The number of amides is 8. The van der Waals surface area contributed by atoms with Crippen LogP contribution >= 0.6 is 0 Å². The van der Waals surface area contributed by atoms with Gasteiger partial charge in [-0.1, -0.05) is 30.3 Å². The van der Waals surface area contributed by atoms with Gasteiger partial charge in [-0.15, -0.1) is 0 Å². The number of carbonyl (C=O) groups excluding carboxylic acids is 8. The molecule has 1 aromatic rings. The largest absolute Gasteiger partial charge is 0.480 e. The van der Waals surface area contributed by atoms with E-state index < -0.39 is 109 Å². The van der Waals surface area contributed by atoms with Crippen LogP contribution in [0.4, 0.5) is 0 Å². The summed E-state index contributed by atoms with van der Waals surface area (Å²) in [4.78, 5) is 132. The van der Waals surface area contributed by atoms with Crippen LogP contribution in [0.3, 0.4) is 0 Å². The minimum Gasteiger partial charge on any atom is -0.480 e. The number of carbonyl (C=O) groups is 9. The monoisotopic (exact) mass is 984 g/mol. The minimum absolute atomic E-state index is 0.0146. The molecular weight excluding hydrogens is 915 g/mol. The molecule has 8 amide bonds. The maximum Gasteiger partial charge on any atom is 0.326 e. The number of nitrogens with zero attached hydrogens (tertiary/aromatic N) is 5. The summed E-state index contributed by atoms with van der Waals surface area (Å²) in [5.74, 6) is -6.89. The number of hydrogen-bond donors (Lipinski definition) is 12. The lowest BCUT2D eigenvalue weighted by Crippen LogP contribution is -2.59. The highest BCUT2D eigenvalue weighted by Gasteiger charge is 2.43. The van der Waals surface area contributed by atoms with Crippen LogP contribution < -0.4 is 55.3 Å². The van der Waals surface area contributed by atoms with Gasteiger partial charge in [-0.3, -0.25) is 48.3 Å². The Hall–Kier alpha value is -7.09. The average molecular weight is 984 g/mol. The first-order valence-electron chi connectivity index (χ1n) is 23.5. The van der Waals surface area contributed by atoms with Crippen molar-refractivity contribution < 1.29 is 53.4 Å². The van der Waals surface area contributed by atoms with Gasteiger partial charge < -0.3 is 80.2 Å². The summed E-state index contributed by atoms with van der Waals surface area (Å²) in [5.41, 5.74) is 28.2. The second-order valence-corrected chi connectivity index (χ2v) is 17.5. The highest BCUT2D eigenvalue weighted by atomic mass is 16.4. The van der Waals surface area contributed by atoms with Crippen LogP contribution in [0, 0.1) is 0 Å². The van der Waals surface area contributed by atoms with E-state index in [4.69, 9.17) is 28.7 Å². The lowest BCUT2D eigenvalue weighted by atomic mass is 10.0. The topological polar surface area (TPSA) is 419 Å². The van der Waals surface area contributed by atoms with Crippen molar-refractivity contribution in [3.05, 3.63) is 35.9 Å². The van der Waals surface area contributed by atoms with Crippen molar-refractivity contribution in [1.82, 2.24) is 41.3 Å². The van der Waals surface area contributed by atoms with E-state index in [1.165, 1.54) is 21.6 Å². The molecule has 0 aliphatic carbocycles. The third-order valence-electron chi connectivity index (χ3n) is 12.2. The molecule has 3 heterocycles. The smallest absolute Gasteiger partial charge is 0.326 e. The molecule has 70 heavy (non-hydrogen) atoms. The van der Waals surface area contributed by atoms with Gasteiger partial charge in [-0.05, 0) is 76.7 Å². The van der Waals surface area contributed by atoms with Crippen LogP contribution in [0.25, 0.3) is 0 Å².